The van der Waals surface area contributed by atoms with Crippen molar-refractivity contribution in [2.24, 2.45) is 0 Å². The van der Waals surface area contributed by atoms with E-state index >= 15 is 0 Å². The van der Waals surface area contributed by atoms with Gasteiger partial charge in [-0.05, 0) is 48.6 Å². The van der Waals surface area contributed by atoms with Gasteiger partial charge in [0.05, 0.1) is 0 Å². The van der Waals surface area contributed by atoms with Gasteiger partial charge in [0.1, 0.15) is 0 Å². The summed E-state index contributed by atoms with van der Waals surface area (Å²) >= 11 is 0. The Labute approximate surface area is 145 Å². The van der Waals surface area contributed by atoms with E-state index in [2.05, 4.69) is 75.6 Å². The highest BCUT2D eigenvalue weighted by molar-refractivity contribution is 5.91. The molecule has 0 spiro atoms. The molecule has 0 radical (unpaired) electrons. The molecule has 0 saturated heterocycles. The van der Waals surface area contributed by atoms with Crippen LogP contribution in [-0.2, 0) is 10.2 Å². The highest BCUT2D eigenvalue weighted by atomic mass is 16.1. The topological polar surface area (TPSA) is 41.1 Å². The second-order valence-corrected chi connectivity index (χ2v) is 7.37. The molecular weight excluding hydrogens is 296 g/mol. The number of carbonyl (C=O) groups is 1. The predicted octanol–water partition coefficient (Wildman–Crippen LogP) is 5.04. The number of carbonyl (C=O) groups excluding carboxylic acids is 1. The molecule has 0 heterocycles. The minimum Gasteiger partial charge on any atom is -0.384 e. The summed E-state index contributed by atoms with van der Waals surface area (Å²) in [5.41, 5.74) is 5.76. The molecule has 0 fully saturated rings. The molecule has 2 aromatic carbocycles. The smallest absolute Gasteiger partial charge is 0.226 e. The highest BCUT2D eigenvalue weighted by Crippen LogP contribution is 2.23. The summed E-state index contributed by atoms with van der Waals surface area (Å²) < 4.78 is 0. The standard InChI is InChI=1S/C21H28N2O/c1-15-6-11-19(16(2)14-15)22-13-12-20(24)23-18-9-7-17(8-10-18)21(3,4)5/h6-11,14,22H,12-13H2,1-5H3,(H,23,24). The fourth-order valence-electron chi connectivity index (χ4n) is 2.60. The Kier molecular flexibility index (Phi) is 5.66. The van der Waals surface area contributed by atoms with Crippen molar-refractivity contribution in [3.05, 3.63) is 59.2 Å². The molecule has 0 aromatic heterocycles. The Hall–Kier alpha value is -2.29. The third-order valence-electron chi connectivity index (χ3n) is 4.08. The maximum atomic E-state index is 12.1. The first-order chi connectivity index (χ1) is 11.3. The van der Waals surface area contributed by atoms with E-state index < -0.39 is 0 Å². The van der Waals surface area contributed by atoms with Crippen molar-refractivity contribution >= 4 is 17.3 Å². The van der Waals surface area contributed by atoms with Crippen molar-refractivity contribution in [2.45, 2.75) is 46.5 Å². The number of aryl methyl sites for hydroxylation is 2. The van der Waals surface area contributed by atoms with Crippen LogP contribution in [0.5, 0.6) is 0 Å². The fourth-order valence-corrected chi connectivity index (χ4v) is 2.60. The van der Waals surface area contributed by atoms with Crippen LogP contribution in [0.4, 0.5) is 11.4 Å². The van der Waals surface area contributed by atoms with E-state index in [1.165, 1.54) is 16.7 Å². The molecule has 3 nitrogen and oxygen atoms in total. The minimum atomic E-state index is 0.0239. The van der Waals surface area contributed by atoms with Gasteiger partial charge in [0, 0.05) is 24.3 Å². The van der Waals surface area contributed by atoms with Crippen molar-refractivity contribution in [2.75, 3.05) is 17.2 Å². The van der Waals surface area contributed by atoms with E-state index in [1.54, 1.807) is 0 Å². The van der Waals surface area contributed by atoms with E-state index in [1.807, 2.05) is 12.1 Å². The lowest BCUT2D eigenvalue weighted by Gasteiger charge is -2.19. The van der Waals surface area contributed by atoms with Crippen LogP contribution in [0.15, 0.2) is 42.5 Å². The zero-order valence-corrected chi connectivity index (χ0v) is 15.4. The summed E-state index contributed by atoms with van der Waals surface area (Å²) in [6.07, 6.45) is 0.439. The van der Waals surface area contributed by atoms with Gasteiger partial charge in [0.2, 0.25) is 5.91 Å². The van der Waals surface area contributed by atoms with E-state index in [4.69, 9.17) is 0 Å². The van der Waals surface area contributed by atoms with Gasteiger partial charge in [-0.15, -0.1) is 0 Å². The van der Waals surface area contributed by atoms with Crippen molar-refractivity contribution in [1.82, 2.24) is 0 Å². The van der Waals surface area contributed by atoms with E-state index in [-0.39, 0.29) is 11.3 Å². The minimum absolute atomic E-state index is 0.0239. The monoisotopic (exact) mass is 324 g/mol. The lowest BCUT2D eigenvalue weighted by Crippen LogP contribution is -2.17. The number of hydrogen-bond acceptors (Lipinski definition) is 2. The number of hydrogen-bond donors (Lipinski definition) is 2. The van der Waals surface area contributed by atoms with Crippen molar-refractivity contribution in [1.29, 1.82) is 0 Å². The third kappa shape index (κ3) is 5.12. The molecule has 0 unspecified atom stereocenters. The van der Waals surface area contributed by atoms with Gasteiger partial charge >= 0.3 is 0 Å². The largest absolute Gasteiger partial charge is 0.384 e. The first kappa shape index (κ1) is 18.1. The van der Waals surface area contributed by atoms with Crippen molar-refractivity contribution in [3.63, 3.8) is 0 Å². The third-order valence-corrected chi connectivity index (χ3v) is 4.08. The molecule has 128 valence electrons. The molecule has 0 aliphatic rings. The van der Waals surface area contributed by atoms with Crippen LogP contribution in [-0.4, -0.2) is 12.5 Å². The molecule has 0 atom stereocenters. The average Bonchev–Trinajstić information content (AvgIpc) is 2.49. The van der Waals surface area contributed by atoms with Crippen LogP contribution < -0.4 is 10.6 Å². The van der Waals surface area contributed by atoms with E-state index in [0.29, 0.717) is 13.0 Å². The van der Waals surface area contributed by atoms with Gasteiger partial charge in [-0.2, -0.15) is 0 Å². The zero-order chi connectivity index (χ0) is 17.7. The van der Waals surface area contributed by atoms with E-state index in [9.17, 15) is 4.79 Å². The number of rotatable bonds is 5. The summed E-state index contributed by atoms with van der Waals surface area (Å²) in [5.74, 6) is 0.0239. The Morgan fingerprint density at radius 2 is 1.67 bits per heavy atom. The maximum Gasteiger partial charge on any atom is 0.226 e. The average molecular weight is 324 g/mol. The second-order valence-electron chi connectivity index (χ2n) is 7.37. The molecule has 1 amide bonds. The van der Waals surface area contributed by atoms with Gasteiger partial charge in [0.15, 0.2) is 0 Å². The normalized spacial score (nSPS) is 11.2. The maximum absolute atomic E-state index is 12.1. The van der Waals surface area contributed by atoms with Crippen LogP contribution >= 0.6 is 0 Å². The SMILES string of the molecule is Cc1ccc(NCCC(=O)Nc2ccc(C(C)(C)C)cc2)c(C)c1. The Morgan fingerprint density at radius 3 is 2.25 bits per heavy atom. The second kappa shape index (κ2) is 7.52. The highest BCUT2D eigenvalue weighted by Gasteiger charge is 2.13. The summed E-state index contributed by atoms with van der Waals surface area (Å²) in [4.78, 5) is 12.1. The van der Waals surface area contributed by atoms with Crippen molar-refractivity contribution in [3.8, 4) is 0 Å². The number of nitrogens with one attached hydrogen (secondary N) is 2. The zero-order valence-electron chi connectivity index (χ0n) is 15.4. The Balaban J connectivity index is 1.83. The van der Waals surface area contributed by atoms with Crippen LogP contribution in [0.3, 0.4) is 0 Å². The van der Waals surface area contributed by atoms with Crippen LogP contribution in [0.1, 0.15) is 43.9 Å². The number of anilines is 2. The molecule has 0 aliphatic carbocycles. The molecule has 2 N–H and O–H groups in total. The first-order valence-corrected chi connectivity index (χ1v) is 8.47. The number of amides is 1. The molecular formula is C21H28N2O. The fraction of sp³-hybridized carbons (Fsp3) is 0.381. The molecule has 2 aromatic rings. The molecule has 2 rings (SSSR count). The predicted molar refractivity (Wildman–Crippen MR) is 103 cm³/mol. The summed E-state index contributed by atoms with van der Waals surface area (Å²) in [5, 5.41) is 6.28. The molecule has 0 saturated carbocycles. The molecule has 0 bridgehead atoms. The van der Waals surface area contributed by atoms with Gasteiger partial charge < -0.3 is 10.6 Å². The van der Waals surface area contributed by atoms with Crippen LogP contribution in [0.2, 0.25) is 0 Å². The van der Waals surface area contributed by atoms with Gasteiger partial charge in [-0.25, -0.2) is 0 Å². The summed E-state index contributed by atoms with van der Waals surface area (Å²) in [6, 6.07) is 14.4. The van der Waals surface area contributed by atoms with Gasteiger partial charge in [-0.3, -0.25) is 4.79 Å². The van der Waals surface area contributed by atoms with Crippen molar-refractivity contribution < 1.29 is 4.79 Å². The molecule has 0 aliphatic heterocycles. The Morgan fingerprint density at radius 1 is 1.00 bits per heavy atom. The molecule has 3 heteroatoms. The van der Waals surface area contributed by atoms with Crippen LogP contribution in [0, 0.1) is 13.8 Å². The van der Waals surface area contributed by atoms with Gasteiger partial charge in [-0.1, -0.05) is 50.6 Å². The van der Waals surface area contributed by atoms with Gasteiger partial charge in [0.25, 0.3) is 0 Å². The summed E-state index contributed by atoms with van der Waals surface area (Å²) in [7, 11) is 0. The molecule has 24 heavy (non-hydrogen) atoms. The van der Waals surface area contributed by atoms with E-state index in [0.717, 1.165) is 11.4 Å². The van der Waals surface area contributed by atoms with Crippen LogP contribution in [0.25, 0.3) is 0 Å². The number of benzene rings is 2. The Bertz CT molecular complexity index is 697. The summed E-state index contributed by atoms with van der Waals surface area (Å²) in [6.45, 7) is 11.3. The lowest BCUT2D eigenvalue weighted by atomic mass is 9.87. The first-order valence-electron chi connectivity index (χ1n) is 8.47. The quantitative estimate of drug-likeness (QED) is 0.809. The lowest BCUT2D eigenvalue weighted by molar-refractivity contribution is -0.115.